The standard InChI is InChI=1S/C36H46F3N3O/c1-26-20-28-21-30(43-24-27-12-6-4-7-13-27)14-15-31(28)35(42(26)25-36(2,3)39)34-32(37)22-29(23-33(34)38)41-18-10-5-8-16-40-17-9-11-19-41/h4,6-7,12-15,21-23,26,35,40H,5,8-11,16-20,24-25H2,1-3H3/t26-,35?/m1/s1. The van der Waals surface area contributed by atoms with Gasteiger partial charge >= 0.3 is 0 Å². The molecular formula is C36H46F3N3O. The second-order valence-corrected chi connectivity index (χ2v) is 12.8. The minimum absolute atomic E-state index is 0.0131. The van der Waals surface area contributed by atoms with E-state index >= 15 is 13.2 Å². The van der Waals surface area contributed by atoms with E-state index in [0.717, 1.165) is 75.0 Å². The van der Waals surface area contributed by atoms with Gasteiger partial charge in [-0.05, 0) is 107 Å². The minimum Gasteiger partial charge on any atom is -0.489 e. The van der Waals surface area contributed by atoms with Crippen molar-refractivity contribution < 1.29 is 17.9 Å². The smallest absolute Gasteiger partial charge is 0.133 e. The number of nitrogens with one attached hydrogen (secondary N) is 1. The molecule has 2 aliphatic rings. The first kappa shape index (κ1) is 31.4. The first-order valence-corrected chi connectivity index (χ1v) is 15.9. The van der Waals surface area contributed by atoms with Crippen LogP contribution in [0.2, 0.25) is 0 Å². The van der Waals surface area contributed by atoms with Crippen LogP contribution in [0.3, 0.4) is 0 Å². The average molecular weight is 594 g/mol. The highest BCUT2D eigenvalue weighted by Gasteiger charge is 2.39. The van der Waals surface area contributed by atoms with E-state index in [2.05, 4.69) is 10.2 Å². The lowest BCUT2D eigenvalue weighted by Crippen LogP contribution is -2.48. The molecule has 0 amide bonds. The molecule has 0 spiro atoms. The normalized spacial score (nSPS) is 20.7. The third-order valence-corrected chi connectivity index (χ3v) is 8.64. The van der Waals surface area contributed by atoms with Crippen molar-refractivity contribution in [3.05, 3.63) is 94.6 Å². The predicted octanol–water partition coefficient (Wildman–Crippen LogP) is 7.99. The molecule has 232 valence electrons. The molecule has 43 heavy (non-hydrogen) atoms. The Morgan fingerprint density at radius 2 is 1.56 bits per heavy atom. The van der Waals surface area contributed by atoms with E-state index in [1.54, 1.807) is 0 Å². The molecule has 0 aliphatic carbocycles. The van der Waals surface area contributed by atoms with Crippen molar-refractivity contribution >= 4 is 5.69 Å². The van der Waals surface area contributed by atoms with Crippen LogP contribution in [0, 0.1) is 11.6 Å². The molecule has 0 saturated carbocycles. The first-order valence-electron chi connectivity index (χ1n) is 15.9. The number of hydrogen-bond donors (Lipinski definition) is 1. The van der Waals surface area contributed by atoms with E-state index in [1.165, 1.54) is 26.0 Å². The third kappa shape index (κ3) is 8.12. The Balaban J connectivity index is 1.48. The summed E-state index contributed by atoms with van der Waals surface area (Å²) < 4.78 is 53.7. The van der Waals surface area contributed by atoms with Crippen LogP contribution < -0.4 is 15.0 Å². The molecule has 7 heteroatoms. The largest absolute Gasteiger partial charge is 0.489 e. The summed E-state index contributed by atoms with van der Waals surface area (Å²) in [6.45, 7) is 9.06. The lowest BCUT2D eigenvalue weighted by atomic mass is 9.83. The van der Waals surface area contributed by atoms with Crippen molar-refractivity contribution in [2.75, 3.05) is 37.6 Å². The summed E-state index contributed by atoms with van der Waals surface area (Å²) in [7, 11) is 0. The Labute approximate surface area is 255 Å². The number of ether oxygens (including phenoxy) is 1. The summed E-state index contributed by atoms with van der Waals surface area (Å²) >= 11 is 0. The SMILES string of the molecule is C[C@@H]1Cc2cc(OCc3ccccc3)ccc2C(c2c(F)cc(N3CCCCCNCCCC3)cc2F)N1CC(C)(C)F. The molecule has 1 N–H and O–H groups in total. The molecule has 0 aromatic heterocycles. The molecular weight excluding hydrogens is 547 g/mol. The van der Waals surface area contributed by atoms with E-state index in [1.807, 2.05) is 60.4 Å². The topological polar surface area (TPSA) is 27.7 Å². The van der Waals surface area contributed by atoms with E-state index in [9.17, 15) is 0 Å². The monoisotopic (exact) mass is 593 g/mol. The van der Waals surface area contributed by atoms with Gasteiger partial charge in [0.2, 0.25) is 0 Å². The maximum absolute atomic E-state index is 16.2. The van der Waals surface area contributed by atoms with Crippen molar-refractivity contribution in [3.8, 4) is 5.75 Å². The Morgan fingerprint density at radius 3 is 2.26 bits per heavy atom. The average Bonchev–Trinajstić information content (AvgIpc) is 3.03. The lowest BCUT2D eigenvalue weighted by Gasteiger charge is -2.44. The van der Waals surface area contributed by atoms with Gasteiger partial charge < -0.3 is 15.0 Å². The summed E-state index contributed by atoms with van der Waals surface area (Å²) in [5.41, 5.74) is 1.86. The van der Waals surface area contributed by atoms with Crippen LogP contribution in [0.1, 0.15) is 81.2 Å². The van der Waals surface area contributed by atoms with Crippen molar-refractivity contribution in [1.82, 2.24) is 10.2 Å². The van der Waals surface area contributed by atoms with Gasteiger partial charge in [0.25, 0.3) is 0 Å². The van der Waals surface area contributed by atoms with Gasteiger partial charge in [-0.25, -0.2) is 13.2 Å². The van der Waals surface area contributed by atoms with Gasteiger partial charge in [-0.2, -0.15) is 0 Å². The Hall–Kier alpha value is -3.03. The van der Waals surface area contributed by atoms with Crippen LogP contribution in [0.25, 0.3) is 0 Å². The molecule has 0 radical (unpaired) electrons. The molecule has 3 aromatic carbocycles. The molecule has 1 saturated heterocycles. The van der Waals surface area contributed by atoms with E-state index in [-0.39, 0.29) is 18.2 Å². The molecule has 3 aromatic rings. The molecule has 1 fully saturated rings. The number of benzene rings is 3. The predicted molar refractivity (Wildman–Crippen MR) is 169 cm³/mol. The van der Waals surface area contributed by atoms with Gasteiger partial charge in [0.15, 0.2) is 0 Å². The van der Waals surface area contributed by atoms with Gasteiger partial charge in [0.05, 0.1) is 6.04 Å². The Kier molecular flexibility index (Phi) is 10.3. The summed E-state index contributed by atoms with van der Waals surface area (Å²) in [5, 5.41) is 3.47. The first-order chi connectivity index (χ1) is 20.7. The van der Waals surface area contributed by atoms with Crippen LogP contribution in [0.15, 0.2) is 60.7 Å². The summed E-state index contributed by atoms with van der Waals surface area (Å²) in [6, 6.07) is 17.8. The van der Waals surface area contributed by atoms with Crippen LogP contribution in [0.4, 0.5) is 18.9 Å². The molecule has 1 unspecified atom stereocenters. The number of rotatable bonds is 7. The Morgan fingerprint density at radius 1 is 0.884 bits per heavy atom. The van der Waals surface area contributed by atoms with Gasteiger partial charge in [-0.15, -0.1) is 0 Å². The highest BCUT2D eigenvalue weighted by Crippen LogP contribution is 2.43. The fourth-order valence-electron chi connectivity index (χ4n) is 6.52. The van der Waals surface area contributed by atoms with Crippen LogP contribution in [0.5, 0.6) is 5.75 Å². The van der Waals surface area contributed by atoms with Crippen molar-refractivity contribution in [1.29, 1.82) is 0 Å². The van der Waals surface area contributed by atoms with E-state index in [4.69, 9.17) is 4.74 Å². The number of fused-ring (bicyclic) bond motifs is 1. The van der Waals surface area contributed by atoms with E-state index in [0.29, 0.717) is 24.5 Å². The zero-order chi connectivity index (χ0) is 30.4. The fraction of sp³-hybridized carbons (Fsp3) is 0.500. The summed E-state index contributed by atoms with van der Waals surface area (Å²) in [4.78, 5) is 4.05. The third-order valence-electron chi connectivity index (χ3n) is 8.64. The number of nitrogens with zero attached hydrogens (tertiary/aromatic N) is 2. The zero-order valence-corrected chi connectivity index (χ0v) is 25.9. The van der Waals surface area contributed by atoms with Gasteiger partial charge in [0.1, 0.15) is 29.7 Å². The Bertz CT molecular complexity index is 1310. The second kappa shape index (κ2) is 14.2. The number of alkyl halides is 1. The molecule has 2 aliphatic heterocycles. The highest BCUT2D eigenvalue weighted by atomic mass is 19.1. The second-order valence-electron chi connectivity index (χ2n) is 12.8. The summed E-state index contributed by atoms with van der Waals surface area (Å²) in [6.07, 6.45) is 5.78. The maximum Gasteiger partial charge on any atom is 0.133 e. The van der Waals surface area contributed by atoms with Crippen LogP contribution >= 0.6 is 0 Å². The van der Waals surface area contributed by atoms with Crippen LogP contribution in [-0.2, 0) is 13.0 Å². The minimum atomic E-state index is -1.54. The van der Waals surface area contributed by atoms with Gasteiger partial charge in [0, 0.05) is 36.9 Å². The van der Waals surface area contributed by atoms with Crippen molar-refractivity contribution in [3.63, 3.8) is 0 Å². The van der Waals surface area contributed by atoms with Crippen molar-refractivity contribution in [2.45, 2.75) is 83.7 Å². The molecule has 2 heterocycles. The van der Waals surface area contributed by atoms with Gasteiger partial charge in [-0.3, -0.25) is 4.90 Å². The zero-order valence-electron chi connectivity index (χ0n) is 25.9. The lowest BCUT2D eigenvalue weighted by molar-refractivity contribution is 0.0652. The molecule has 0 bridgehead atoms. The number of halogens is 3. The fourth-order valence-corrected chi connectivity index (χ4v) is 6.52. The number of hydrogen-bond acceptors (Lipinski definition) is 4. The maximum atomic E-state index is 16.2. The molecule has 5 rings (SSSR count). The highest BCUT2D eigenvalue weighted by molar-refractivity contribution is 5.52. The van der Waals surface area contributed by atoms with Crippen LogP contribution in [-0.4, -0.2) is 49.3 Å². The molecule has 4 nitrogen and oxygen atoms in total. The van der Waals surface area contributed by atoms with E-state index < -0.39 is 23.3 Å². The van der Waals surface area contributed by atoms with Gasteiger partial charge in [-0.1, -0.05) is 42.8 Å². The van der Waals surface area contributed by atoms with Crippen molar-refractivity contribution in [2.24, 2.45) is 0 Å². The molecule has 2 atom stereocenters. The summed E-state index contributed by atoms with van der Waals surface area (Å²) in [5.74, 6) is -0.455. The quantitative estimate of drug-likeness (QED) is 0.301. The number of anilines is 1.